The topological polar surface area (TPSA) is 39.1 Å². The molecule has 6 heteroatoms. The van der Waals surface area contributed by atoms with Gasteiger partial charge in [-0.1, -0.05) is 0 Å². The van der Waals surface area contributed by atoms with Gasteiger partial charge in [-0.05, 0) is 40.8 Å². The van der Waals surface area contributed by atoms with Gasteiger partial charge in [0.25, 0.3) is 0 Å². The third kappa shape index (κ3) is 3.20. The zero-order valence-corrected chi connectivity index (χ0v) is 12.0. The summed E-state index contributed by atoms with van der Waals surface area (Å²) >= 11 is 2.09. The summed E-state index contributed by atoms with van der Waals surface area (Å²) in [5, 5.41) is 3.18. The average molecular weight is 361 g/mol. The van der Waals surface area contributed by atoms with E-state index in [-0.39, 0.29) is 5.82 Å². The lowest BCUT2D eigenvalue weighted by molar-refractivity contribution is 0.188. The summed E-state index contributed by atoms with van der Waals surface area (Å²) in [7, 11) is 1.66. The number of nitrogens with one attached hydrogen (secondary N) is 1. The molecule has 1 aromatic carbocycles. The van der Waals surface area contributed by atoms with Gasteiger partial charge in [0, 0.05) is 29.6 Å². The number of ether oxygens (including phenoxy) is 1. The van der Waals surface area contributed by atoms with Crippen LogP contribution in [0.1, 0.15) is 0 Å². The summed E-state index contributed by atoms with van der Waals surface area (Å²) in [6, 6.07) is 4.60. The van der Waals surface area contributed by atoms with Gasteiger partial charge >= 0.3 is 0 Å². The predicted octanol–water partition coefficient (Wildman–Crippen LogP) is 3.02. The Morgan fingerprint density at radius 2 is 2.33 bits per heavy atom. The van der Waals surface area contributed by atoms with Crippen LogP contribution in [-0.2, 0) is 11.3 Å². The molecule has 96 valence electrons. The molecule has 1 N–H and O–H groups in total. The van der Waals surface area contributed by atoms with Crippen LogP contribution < -0.4 is 5.32 Å². The highest BCUT2D eigenvalue weighted by Crippen LogP contribution is 2.22. The lowest BCUT2D eigenvalue weighted by atomic mass is 10.3. The predicted molar refractivity (Wildman–Crippen MR) is 76.5 cm³/mol. The fraction of sp³-hybridized carbons (Fsp3) is 0.250. The second kappa shape index (κ2) is 6.14. The SMILES string of the molecule is COCCn1ccnc1Nc1ccc(F)cc1I. The Labute approximate surface area is 118 Å². The minimum Gasteiger partial charge on any atom is -0.383 e. The first-order valence-electron chi connectivity index (χ1n) is 5.43. The minimum atomic E-state index is -0.243. The fourth-order valence-electron chi connectivity index (χ4n) is 1.51. The van der Waals surface area contributed by atoms with Crippen molar-refractivity contribution >= 4 is 34.2 Å². The molecule has 2 aromatic rings. The number of hydrogen-bond donors (Lipinski definition) is 1. The molecule has 1 aromatic heterocycles. The normalized spacial score (nSPS) is 10.6. The van der Waals surface area contributed by atoms with Crippen molar-refractivity contribution in [3.8, 4) is 0 Å². The van der Waals surface area contributed by atoms with Gasteiger partial charge in [-0.3, -0.25) is 0 Å². The summed E-state index contributed by atoms with van der Waals surface area (Å²) in [4.78, 5) is 4.23. The summed E-state index contributed by atoms with van der Waals surface area (Å²) in [5.74, 6) is 0.476. The lowest BCUT2D eigenvalue weighted by Gasteiger charge is -2.10. The highest BCUT2D eigenvalue weighted by atomic mass is 127. The molecule has 0 saturated heterocycles. The van der Waals surface area contributed by atoms with Gasteiger partial charge in [-0.2, -0.15) is 0 Å². The van der Waals surface area contributed by atoms with Crippen LogP contribution in [0, 0.1) is 9.39 Å². The van der Waals surface area contributed by atoms with Crippen molar-refractivity contribution in [1.82, 2.24) is 9.55 Å². The van der Waals surface area contributed by atoms with Crippen LogP contribution >= 0.6 is 22.6 Å². The second-order valence-corrected chi connectivity index (χ2v) is 4.85. The minimum absolute atomic E-state index is 0.243. The summed E-state index contributed by atoms with van der Waals surface area (Å²) in [5.41, 5.74) is 0.835. The Morgan fingerprint density at radius 1 is 1.50 bits per heavy atom. The van der Waals surface area contributed by atoms with Crippen molar-refractivity contribution in [1.29, 1.82) is 0 Å². The van der Waals surface area contributed by atoms with Crippen LogP contribution in [0.15, 0.2) is 30.6 Å². The highest BCUT2D eigenvalue weighted by Gasteiger charge is 2.06. The lowest BCUT2D eigenvalue weighted by Crippen LogP contribution is -2.07. The number of anilines is 2. The standard InChI is InChI=1S/C12H13FIN3O/c1-18-7-6-17-5-4-15-12(17)16-11-3-2-9(13)8-10(11)14/h2-5,8H,6-7H2,1H3,(H,15,16). The van der Waals surface area contributed by atoms with E-state index in [1.165, 1.54) is 12.1 Å². The zero-order chi connectivity index (χ0) is 13.0. The van der Waals surface area contributed by atoms with Gasteiger partial charge in [0.1, 0.15) is 5.82 Å². The highest BCUT2D eigenvalue weighted by molar-refractivity contribution is 14.1. The molecule has 0 aliphatic carbocycles. The van der Waals surface area contributed by atoms with E-state index in [0.29, 0.717) is 6.61 Å². The van der Waals surface area contributed by atoms with Gasteiger partial charge in [-0.15, -0.1) is 0 Å². The fourth-order valence-corrected chi connectivity index (χ4v) is 2.13. The Balaban J connectivity index is 2.15. The molecule has 1 heterocycles. The molecule has 0 unspecified atom stereocenters. The van der Waals surface area contributed by atoms with Gasteiger partial charge < -0.3 is 14.6 Å². The molecule has 18 heavy (non-hydrogen) atoms. The van der Waals surface area contributed by atoms with Crippen LogP contribution in [0.5, 0.6) is 0 Å². The average Bonchev–Trinajstić information content (AvgIpc) is 2.77. The Bertz CT molecular complexity index is 530. The molecular formula is C12H13FIN3O. The van der Waals surface area contributed by atoms with Crippen LogP contribution in [0.2, 0.25) is 0 Å². The zero-order valence-electron chi connectivity index (χ0n) is 9.86. The van der Waals surface area contributed by atoms with Crippen molar-refractivity contribution in [2.24, 2.45) is 0 Å². The van der Waals surface area contributed by atoms with E-state index in [0.717, 1.165) is 21.8 Å². The molecule has 2 rings (SSSR count). The molecule has 0 aliphatic rings. The number of benzene rings is 1. The van der Waals surface area contributed by atoms with Crippen molar-refractivity contribution in [3.05, 3.63) is 40.0 Å². The molecule has 0 atom stereocenters. The van der Waals surface area contributed by atoms with E-state index in [2.05, 4.69) is 32.9 Å². The van der Waals surface area contributed by atoms with Gasteiger partial charge in [0.2, 0.25) is 5.95 Å². The number of halogens is 2. The Morgan fingerprint density at radius 3 is 3.06 bits per heavy atom. The number of nitrogens with zero attached hydrogens (tertiary/aromatic N) is 2. The third-order valence-electron chi connectivity index (χ3n) is 2.43. The molecule has 0 aliphatic heterocycles. The van der Waals surface area contributed by atoms with E-state index < -0.39 is 0 Å². The van der Waals surface area contributed by atoms with Crippen LogP contribution in [0.25, 0.3) is 0 Å². The summed E-state index contributed by atoms with van der Waals surface area (Å²) in [6.45, 7) is 1.34. The summed E-state index contributed by atoms with van der Waals surface area (Å²) in [6.07, 6.45) is 3.59. The molecule has 0 radical (unpaired) electrons. The first-order chi connectivity index (χ1) is 8.70. The molecule has 0 saturated carbocycles. The van der Waals surface area contributed by atoms with E-state index >= 15 is 0 Å². The monoisotopic (exact) mass is 361 g/mol. The molecule has 4 nitrogen and oxygen atoms in total. The molecule has 0 amide bonds. The summed E-state index contributed by atoms with van der Waals surface area (Å²) < 4.78 is 20.8. The molecule has 0 spiro atoms. The van der Waals surface area contributed by atoms with Crippen molar-refractivity contribution < 1.29 is 9.13 Å². The largest absolute Gasteiger partial charge is 0.383 e. The molecule has 0 fully saturated rings. The van der Waals surface area contributed by atoms with Crippen LogP contribution in [0.4, 0.5) is 16.0 Å². The maximum absolute atomic E-state index is 13.0. The Hall–Kier alpha value is -1.15. The van der Waals surface area contributed by atoms with Gasteiger partial charge in [0.15, 0.2) is 0 Å². The van der Waals surface area contributed by atoms with E-state index in [1.807, 2.05) is 10.8 Å². The molecule has 0 bridgehead atoms. The van der Waals surface area contributed by atoms with Gasteiger partial charge in [0.05, 0.1) is 12.3 Å². The molecular weight excluding hydrogens is 348 g/mol. The van der Waals surface area contributed by atoms with Crippen molar-refractivity contribution in [2.45, 2.75) is 6.54 Å². The second-order valence-electron chi connectivity index (χ2n) is 3.69. The van der Waals surface area contributed by atoms with E-state index in [9.17, 15) is 4.39 Å². The number of hydrogen-bond acceptors (Lipinski definition) is 3. The number of rotatable bonds is 5. The van der Waals surface area contributed by atoms with Crippen molar-refractivity contribution in [3.63, 3.8) is 0 Å². The Kier molecular flexibility index (Phi) is 4.54. The number of imidazole rings is 1. The third-order valence-corrected chi connectivity index (χ3v) is 3.32. The maximum Gasteiger partial charge on any atom is 0.207 e. The van der Waals surface area contributed by atoms with Crippen molar-refractivity contribution in [2.75, 3.05) is 19.0 Å². The van der Waals surface area contributed by atoms with Crippen LogP contribution in [-0.4, -0.2) is 23.3 Å². The number of methoxy groups -OCH3 is 1. The maximum atomic E-state index is 13.0. The first-order valence-corrected chi connectivity index (χ1v) is 6.50. The quantitative estimate of drug-likeness (QED) is 0.833. The smallest absolute Gasteiger partial charge is 0.207 e. The van der Waals surface area contributed by atoms with E-state index in [1.54, 1.807) is 19.4 Å². The van der Waals surface area contributed by atoms with Gasteiger partial charge in [-0.25, -0.2) is 9.37 Å². The first kappa shape index (κ1) is 13.3. The van der Waals surface area contributed by atoms with E-state index in [4.69, 9.17) is 4.74 Å². The van der Waals surface area contributed by atoms with Crippen LogP contribution in [0.3, 0.4) is 0 Å². The number of aromatic nitrogens is 2.